The minimum atomic E-state index is -0.374. The van der Waals surface area contributed by atoms with E-state index in [0.29, 0.717) is 46.5 Å². The van der Waals surface area contributed by atoms with Crippen LogP contribution in [0.1, 0.15) is 19.3 Å². The molecule has 0 amide bonds. The van der Waals surface area contributed by atoms with E-state index < -0.39 is 0 Å². The standard InChI is InChI=1S/C17H19N5O3S.C9H12FN3/c1-23-12-8-6-9-13(24-2)15(12)22-16(19-20-17(22)21-26-4)11-7-5-10-14(18-11)25-3;10-8-6-11-9(12-7-8)13-4-2-1-3-5-13/h5-10H,1-4H3,(H,20,21);6-7H,1-5H2. The van der Waals surface area contributed by atoms with Crippen LogP contribution in [0, 0.1) is 5.82 Å². The average molecular weight is 555 g/mol. The third-order valence-corrected chi connectivity index (χ3v) is 6.28. The number of ether oxygens (including phenoxy) is 3. The molecule has 1 saturated heterocycles. The van der Waals surface area contributed by atoms with Gasteiger partial charge in [0.15, 0.2) is 11.6 Å². The van der Waals surface area contributed by atoms with E-state index in [1.807, 2.05) is 41.2 Å². The summed E-state index contributed by atoms with van der Waals surface area (Å²) >= 11 is 1.41. The molecule has 4 aromatic rings. The van der Waals surface area contributed by atoms with Crippen LogP contribution in [0.25, 0.3) is 17.2 Å². The second kappa shape index (κ2) is 13.6. The monoisotopic (exact) mass is 554 g/mol. The molecular formula is C26H31FN8O3S. The minimum absolute atomic E-state index is 0.374. The molecule has 1 aromatic carbocycles. The molecule has 0 radical (unpaired) electrons. The summed E-state index contributed by atoms with van der Waals surface area (Å²) < 4.78 is 33.8. The molecule has 1 aliphatic rings. The number of hydrogen-bond donors (Lipinski definition) is 1. The van der Waals surface area contributed by atoms with E-state index in [1.54, 1.807) is 27.4 Å². The zero-order chi connectivity index (χ0) is 27.6. The molecule has 0 saturated carbocycles. The summed E-state index contributed by atoms with van der Waals surface area (Å²) in [4.78, 5) is 14.5. The lowest BCUT2D eigenvalue weighted by Crippen LogP contribution is -2.30. The third kappa shape index (κ3) is 6.66. The molecular weight excluding hydrogens is 523 g/mol. The number of pyridine rings is 1. The van der Waals surface area contributed by atoms with Gasteiger partial charge in [-0.15, -0.1) is 10.2 Å². The van der Waals surface area contributed by atoms with Crippen molar-refractivity contribution in [2.75, 3.05) is 50.3 Å². The molecule has 0 unspecified atom stereocenters. The number of nitrogens with zero attached hydrogens (tertiary/aromatic N) is 7. The maximum Gasteiger partial charge on any atom is 0.239 e. The maximum atomic E-state index is 12.5. The molecule has 13 heteroatoms. The van der Waals surface area contributed by atoms with Gasteiger partial charge in [-0.1, -0.05) is 24.1 Å². The van der Waals surface area contributed by atoms with Crippen LogP contribution in [-0.4, -0.2) is 70.4 Å². The van der Waals surface area contributed by atoms with E-state index in [1.165, 1.54) is 43.6 Å². The highest BCUT2D eigenvalue weighted by atomic mass is 32.2. The Hall–Kier alpha value is -4.13. The Labute approximate surface area is 230 Å². The van der Waals surface area contributed by atoms with Crippen LogP contribution in [0.3, 0.4) is 0 Å². The van der Waals surface area contributed by atoms with Crippen LogP contribution >= 0.6 is 11.9 Å². The molecule has 0 spiro atoms. The van der Waals surface area contributed by atoms with Gasteiger partial charge in [0.25, 0.3) is 0 Å². The predicted molar refractivity (Wildman–Crippen MR) is 149 cm³/mol. The van der Waals surface area contributed by atoms with Crippen molar-refractivity contribution in [2.45, 2.75) is 19.3 Å². The van der Waals surface area contributed by atoms with Gasteiger partial charge in [-0.2, -0.15) is 0 Å². The van der Waals surface area contributed by atoms with Gasteiger partial charge in [-0.25, -0.2) is 19.3 Å². The largest absolute Gasteiger partial charge is 0.494 e. The Bertz CT molecular complexity index is 1330. The first-order valence-corrected chi connectivity index (χ1v) is 13.5. The molecule has 0 bridgehead atoms. The first-order valence-electron chi connectivity index (χ1n) is 12.3. The maximum absolute atomic E-state index is 12.5. The van der Waals surface area contributed by atoms with Crippen LogP contribution in [0.5, 0.6) is 17.4 Å². The number of aromatic nitrogens is 6. The van der Waals surface area contributed by atoms with Gasteiger partial charge < -0.3 is 19.1 Å². The summed E-state index contributed by atoms with van der Waals surface area (Å²) in [6, 6.07) is 11.0. The molecule has 1 fully saturated rings. The first-order chi connectivity index (χ1) is 19.1. The van der Waals surface area contributed by atoms with Crippen molar-refractivity contribution < 1.29 is 18.6 Å². The van der Waals surface area contributed by atoms with Crippen molar-refractivity contribution in [2.24, 2.45) is 0 Å². The number of anilines is 2. The summed E-state index contributed by atoms with van der Waals surface area (Å²) in [6.45, 7) is 1.98. The topological polar surface area (TPSA) is 112 Å². The van der Waals surface area contributed by atoms with E-state index in [9.17, 15) is 4.39 Å². The Morgan fingerprint density at radius 1 is 0.872 bits per heavy atom. The van der Waals surface area contributed by atoms with E-state index >= 15 is 0 Å². The fourth-order valence-corrected chi connectivity index (χ4v) is 4.40. The summed E-state index contributed by atoms with van der Waals surface area (Å²) in [6.07, 6.45) is 7.98. The quantitative estimate of drug-likeness (QED) is 0.307. The summed E-state index contributed by atoms with van der Waals surface area (Å²) in [5.41, 5.74) is 1.29. The smallest absolute Gasteiger partial charge is 0.239 e. The fraction of sp³-hybridized carbons (Fsp3) is 0.346. The number of methoxy groups -OCH3 is 3. The van der Waals surface area contributed by atoms with Crippen molar-refractivity contribution in [3.05, 3.63) is 54.6 Å². The fourth-order valence-electron chi connectivity index (χ4n) is 4.09. The summed E-state index contributed by atoms with van der Waals surface area (Å²) in [5.74, 6) is 3.07. The van der Waals surface area contributed by atoms with Gasteiger partial charge in [0.2, 0.25) is 17.8 Å². The molecule has 3 aromatic heterocycles. The van der Waals surface area contributed by atoms with Gasteiger partial charge in [-0.05, 0) is 37.5 Å². The number of halogens is 1. The highest BCUT2D eigenvalue weighted by Gasteiger charge is 2.23. The van der Waals surface area contributed by atoms with Crippen LogP contribution in [0.15, 0.2) is 48.8 Å². The van der Waals surface area contributed by atoms with Gasteiger partial charge >= 0.3 is 0 Å². The lowest BCUT2D eigenvalue weighted by atomic mass is 10.1. The van der Waals surface area contributed by atoms with Crippen molar-refractivity contribution in [3.63, 3.8) is 0 Å². The number of piperidine rings is 1. The van der Waals surface area contributed by atoms with Gasteiger partial charge in [0, 0.05) is 25.4 Å². The average Bonchev–Trinajstić information content (AvgIpc) is 3.41. The number of benzene rings is 1. The number of nitrogens with one attached hydrogen (secondary N) is 1. The zero-order valence-electron chi connectivity index (χ0n) is 22.3. The molecule has 4 heterocycles. The van der Waals surface area contributed by atoms with Gasteiger partial charge in [0.1, 0.15) is 22.9 Å². The number of para-hydroxylation sites is 1. The molecule has 5 rings (SSSR count). The van der Waals surface area contributed by atoms with Crippen LogP contribution in [-0.2, 0) is 0 Å². The molecule has 206 valence electrons. The highest BCUT2D eigenvalue weighted by Crippen LogP contribution is 2.37. The van der Waals surface area contributed by atoms with Gasteiger partial charge in [-0.3, -0.25) is 9.29 Å². The van der Waals surface area contributed by atoms with Crippen molar-refractivity contribution >= 4 is 23.8 Å². The van der Waals surface area contributed by atoms with Crippen LogP contribution in [0.2, 0.25) is 0 Å². The number of hydrogen-bond acceptors (Lipinski definition) is 11. The molecule has 0 aliphatic carbocycles. The lowest BCUT2D eigenvalue weighted by molar-refractivity contribution is 0.391. The van der Waals surface area contributed by atoms with Crippen molar-refractivity contribution in [1.29, 1.82) is 0 Å². The second-order valence-corrected chi connectivity index (χ2v) is 8.93. The highest BCUT2D eigenvalue weighted by molar-refractivity contribution is 7.99. The molecule has 1 N–H and O–H groups in total. The van der Waals surface area contributed by atoms with E-state index in [2.05, 4.69) is 34.8 Å². The Morgan fingerprint density at radius 3 is 2.15 bits per heavy atom. The Balaban J connectivity index is 0.000000226. The first kappa shape index (κ1) is 27.9. The lowest BCUT2D eigenvalue weighted by Gasteiger charge is -2.26. The Morgan fingerprint density at radius 2 is 1.54 bits per heavy atom. The third-order valence-electron chi connectivity index (χ3n) is 5.89. The minimum Gasteiger partial charge on any atom is -0.494 e. The zero-order valence-corrected chi connectivity index (χ0v) is 23.1. The SMILES string of the molecule is COc1cccc(-c2nnc(NSC)n2-c2c(OC)cccc2OC)n1.Fc1cnc(N2CCCCC2)nc1. The van der Waals surface area contributed by atoms with Gasteiger partial charge in [0.05, 0.1) is 33.7 Å². The molecule has 39 heavy (non-hydrogen) atoms. The summed E-state index contributed by atoms with van der Waals surface area (Å²) in [5, 5.41) is 8.57. The predicted octanol–water partition coefficient (Wildman–Crippen LogP) is 4.65. The molecule has 11 nitrogen and oxygen atoms in total. The van der Waals surface area contributed by atoms with E-state index in [0.717, 1.165) is 13.1 Å². The van der Waals surface area contributed by atoms with Crippen molar-refractivity contribution in [1.82, 2.24) is 29.7 Å². The number of rotatable bonds is 8. The normalized spacial score (nSPS) is 12.8. The van der Waals surface area contributed by atoms with E-state index in [4.69, 9.17) is 14.2 Å². The molecule has 1 aliphatic heterocycles. The van der Waals surface area contributed by atoms with Crippen LogP contribution in [0.4, 0.5) is 16.3 Å². The Kier molecular flexibility index (Phi) is 9.73. The summed E-state index contributed by atoms with van der Waals surface area (Å²) in [7, 11) is 4.78. The van der Waals surface area contributed by atoms with Crippen molar-refractivity contribution in [3.8, 4) is 34.6 Å². The van der Waals surface area contributed by atoms with E-state index in [-0.39, 0.29) is 5.82 Å². The second-order valence-electron chi connectivity index (χ2n) is 8.31. The molecule has 0 atom stereocenters. The van der Waals surface area contributed by atoms with Crippen LogP contribution < -0.4 is 23.8 Å².